The van der Waals surface area contributed by atoms with Gasteiger partial charge in [0.2, 0.25) is 0 Å². The molecule has 1 nitrogen and oxygen atoms in total. The van der Waals surface area contributed by atoms with Crippen LogP contribution in [-0.4, -0.2) is 17.0 Å². The van der Waals surface area contributed by atoms with Crippen molar-refractivity contribution in [2.75, 3.05) is 5.75 Å². The zero-order chi connectivity index (χ0) is 13.0. The average molecular weight is 329 g/mol. The van der Waals surface area contributed by atoms with Gasteiger partial charge in [0.05, 0.1) is 6.10 Å². The second-order valence-corrected chi connectivity index (χ2v) is 7.36. The molecular formula is C15H21BrOS. The topological polar surface area (TPSA) is 20.2 Å². The lowest BCUT2D eigenvalue weighted by molar-refractivity contribution is 0.0946. The summed E-state index contributed by atoms with van der Waals surface area (Å²) in [7, 11) is 0. The quantitative estimate of drug-likeness (QED) is 0.806. The van der Waals surface area contributed by atoms with Gasteiger partial charge in [-0.15, -0.1) is 11.8 Å². The van der Waals surface area contributed by atoms with Gasteiger partial charge in [-0.1, -0.05) is 41.8 Å². The van der Waals surface area contributed by atoms with Gasteiger partial charge in [-0.2, -0.15) is 0 Å². The van der Waals surface area contributed by atoms with Crippen molar-refractivity contribution in [3.05, 3.63) is 28.7 Å². The highest BCUT2D eigenvalue weighted by molar-refractivity contribution is 9.10. The second kappa shape index (κ2) is 6.97. The number of aliphatic hydroxyl groups excluding tert-OH is 1. The Morgan fingerprint density at radius 3 is 2.72 bits per heavy atom. The average Bonchev–Trinajstić information content (AvgIpc) is 2.37. The highest BCUT2D eigenvalue weighted by Gasteiger charge is 2.24. The summed E-state index contributed by atoms with van der Waals surface area (Å²) in [4.78, 5) is 1.23. The van der Waals surface area contributed by atoms with E-state index in [1.165, 1.54) is 30.6 Å². The van der Waals surface area contributed by atoms with E-state index in [1.54, 1.807) is 11.8 Å². The molecule has 1 fully saturated rings. The van der Waals surface area contributed by atoms with Crippen LogP contribution < -0.4 is 0 Å². The van der Waals surface area contributed by atoms with Crippen LogP contribution >= 0.6 is 27.7 Å². The van der Waals surface area contributed by atoms with Crippen LogP contribution in [0.2, 0.25) is 0 Å². The van der Waals surface area contributed by atoms with Crippen molar-refractivity contribution < 1.29 is 5.11 Å². The summed E-state index contributed by atoms with van der Waals surface area (Å²) in [5, 5.41) is 10.3. The van der Waals surface area contributed by atoms with Crippen LogP contribution in [0.25, 0.3) is 0 Å². The van der Waals surface area contributed by atoms with Crippen LogP contribution in [0.4, 0.5) is 0 Å². The van der Waals surface area contributed by atoms with E-state index in [9.17, 15) is 5.11 Å². The van der Waals surface area contributed by atoms with Crippen LogP contribution in [0.3, 0.4) is 0 Å². The van der Waals surface area contributed by atoms with Crippen LogP contribution in [0, 0.1) is 11.8 Å². The molecule has 0 spiro atoms. The van der Waals surface area contributed by atoms with Crippen molar-refractivity contribution in [1.29, 1.82) is 0 Å². The molecule has 0 heterocycles. The molecule has 0 aliphatic heterocycles. The second-order valence-electron chi connectivity index (χ2n) is 5.36. The van der Waals surface area contributed by atoms with Gasteiger partial charge in [0.15, 0.2) is 0 Å². The minimum absolute atomic E-state index is 0.151. The maximum Gasteiger partial charge on any atom is 0.0662 e. The van der Waals surface area contributed by atoms with E-state index in [1.807, 2.05) is 12.1 Å². The Bertz CT molecular complexity index is 375. The summed E-state index contributed by atoms with van der Waals surface area (Å²) in [5.74, 6) is 2.18. The standard InChI is InChI=1S/C15H21BrOS/c1-11-5-7-12(8-6-11)15(17)10-18-14-4-2-3-13(16)9-14/h2-4,9,11-12,15,17H,5-8,10H2,1H3. The van der Waals surface area contributed by atoms with Gasteiger partial charge in [0.1, 0.15) is 0 Å². The van der Waals surface area contributed by atoms with E-state index >= 15 is 0 Å². The van der Waals surface area contributed by atoms with Gasteiger partial charge >= 0.3 is 0 Å². The van der Waals surface area contributed by atoms with Gasteiger partial charge < -0.3 is 5.11 Å². The van der Waals surface area contributed by atoms with E-state index < -0.39 is 0 Å². The largest absolute Gasteiger partial charge is 0.392 e. The third-order valence-corrected chi connectivity index (χ3v) is 5.41. The summed E-state index contributed by atoms with van der Waals surface area (Å²) >= 11 is 5.23. The van der Waals surface area contributed by atoms with Crippen LogP contribution in [0.1, 0.15) is 32.6 Å². The third-order valence-electron chi connectivity index (χ3n) is 3.82. The first-order chi connectivity index (χ1) is 8.65. The maximum absolute atomic E-state index is 10.3. The number of thioether (sulfide) groups is 1. The SMILES string of the molecule is CC1CCC(C(O)CSc2cccc(Br)c2)CC1. The molecule has 0 bridgehead atoms. The van der Waals surface area contributed by atoms with E-state index in [0.29, 0.717) is 5.92 Å². The molecule has 1 aliphatic carbocycles. The van der Waals surface area contributed by atoms with E-state index in [-0.39, 0.29) is 6.10 Å². The fraction of sp³-hybridized carbons (Fsp3) is 0.600. The highest BCUT2D eigenvalue weighted by Crippen LogP contribution is 2.32. The molecule has 0 saturated heterocycles. The zero-order valence-electron chi connectivity index (χ0n) is 10.8. The summed E-state index contributed by atoms with van der Waals surface area (Å²) in [6.45, 7) is 2.32. The first kappa shape index (κ1) is 14.4. The number of hydrogen-bond acceptors (Lipinski definition) is 2. The summed E-state index contributed by atoms with van der Waals surface area (Å²) in [6.07, 6.45) is 4.80. The fourth-order valence-corrected chi connectivity index (χ4v) is 4.12. The van der Waals surface area contributed by atoms with Crippen molar-refractivity contribution in [1.82, 2.24) is 0 Å². The van der Waals surface area contributed by atoms with Crippen LogP contribution in [0.15, 0.2) is 33.6 Å². The Morgan fingerprint density at radius 2 is 2.06 bits per heavy atom. The van der Waals surface area contributed by atoms with Gasteiger partial charge in [0, 0.05) is 15.1 Å². The lowest BCUT2D eigenvalue weighted by atomic mass is 9.81. The van der Waals surface area contributed by atoms with Gasteiger partial charge in [-0.05, 0) is 42.9 Å². The number of benzene rings is 1. The smallest absolute Gasteiger partial charge is 0.0662 e. The molecule has 1 atom stereocenters. The number of rotatable bonds is 4. The molecule has 3 heteroatoms. The molecule has 1 N–H and O–H groups in total. The third kappa shape index (κ3) is 4.29. The summed E-state index contributed by atoms with van der Waals surface area (Å²) in [5.41, 5.74) is 0. The van der Waals surface area contributed by atoms with Crippen LogP contribution in [-0.2, 0) is 0 Å². The Morgan fingerprint density at radius 1 is 1.33 bits per heavy atom. The van der Waals surface area contributed by atoms with E-state index in [2.05, 4.69) is 35.0 Å². The molecule has 18 heavy (non-hydrogen) atoms. The van der Waals surface area contributed by atoms with Crippen molar-refractivity contribution in [2.24, 2.45) is 11.8 Å². The minimum Gasteiger partial charge on any atom is -0.392 e. The molecule has 1 aromatic rings. The molecule has 1 saturated carbocycles. The monoisotopic (exact) mass is 328 g/mol. The predicted molar refractivity (Wildman–Crippen MR) is 82.0 cm³/mol. The summed E-state index contributed by atoms with van der Waals surface area (Å²) < 4.78 is 1.11. The van der Waals surface area contributed by atoms with Gasteiger partial charge in [-0.25, -0.2) is 0 Å². The lowest BCUT2D eigenvalue weighted by Gasteiger charge is -2.29. The van der Waals surface area contributed by atoms with E-state index in [4.69, 9.17) is 0 Å². The number of halogens is 1. The van der Waals surface area contributed by atoms with Crippen molar-refractivity contribution in [2.45, 2.75) is 43.6 Å². The molecule has 0 amide bonds. The molecule has 0 radical (unpaired) electrons. The molecule has 1 aromatic carbocycles. The molecule has 1 unspecified atom stereocenters. The van der Waals surface area contributed by atoms with E-state index in [0.717, 1.165) is 16.1 Å². The predicted octanol–water partition coefficient (Wildman–Crippen LogP) is 4.73. The molecule has 1 aliphatic rings. The first-order valence-corrected chi connectivity index (χ1v) is 8.49. The normalized spacial score (nSPS) is 25.9. The zero-order valence-corrected chi connectivity index (χ0v) is 13.2. The number of hydrogen-bond donors (Lipinski definition) is 1. The van der Waals surface area contributed by atoms with Crippen molar-refractivity contribution >= 4 is 27.7 Å². The molecule has 0 aromatic heterocycles. The Hall–Kier alpha value is 0.01000. The minimum atomic E-state index is -0.151. The first-order valence-electron chi connectivity index (χ1n) is 6.71. The molecule has 100 valence electrons. The van der Waals surface area contributed by atoms with Gasteiger partial charge in [0.25, 0.3) is 0 Å². The molecular weight excluding hydrogens is 308 g/mol. The Balaban J connectivity index is 1.79. The van der Waals surface area contributed by atoms with Crippen molar-refractivity contribution in [3.63, 3.8) is 0 Å². The fourth-order valence-electron chi connectivity index (χ4n) is 2.55. The Labute approximate surface area is 122 Å². The highest BCUT2D eigenvalue weighted by atomic mass is 79.9. The maximum atomic E-state index is 10.3. The summed E-state index contributed by atoms with van der Waals surface area (Å²) in [6, 6.07) is 8.29. The van der Waals surface area contributed by atoms with Crippen LogP contribution in [0.5, 0.6) is 0 Å². The van der Waals surface area contributed by atoms with Crippen molar-refractivity contribution in [3.8, 4) is 0 Å². The Kier molecular flexibility index (Phi) is 5.58. The van der Waals surface area contributed by atoms with Gasteiger partial charge in [-0.3, -0.25) is 0 Å². The number of aliphatic hydroxyl groups is 1. The lowest BCUT2D eigenvalue weighted by Crippen LogP contribution is -2.26. The molecule has 2 rings (SSSR count).